The van der Waals surface area contributed by atoms with Crippen LogP contribution in [0.4, 0.5) is 34.1 Å². The molecule has 10 nitrogen and oxygen atoms in total. The van der Waals surface area contributed by atoms with Crippen molar-refractivity contribution in [2.45, 2.75) is 6.92 Å². The van der Waals surface area contributed by atoms with Crippen LogP contribution in [0.25, 0.3) is 132 Å². The predicted octanol–water partition coefficient (Wildman–Crippen LogP) is 29.7. The summed E-state index contributed by atoms with van der Waals surface area (Å²) in [7, 11) is 9.64. The predicted molar refractivity (Wildman–Crippen MR) is 543 cm³/mol. The van der Waals surface area contributed by atoms with Crippen LogP contribution in [0.1, 0.15) is 5.69 Å². The second kappa shape index (κ2) is 40.9. The second-order valence-electron chi connectivity index (χ2n) is 30.0. The molecule has 18 aromatic carbocycles. The van der Waals surface area contributed by atoms with Crippen LogP contribution in [-0.2, 0) is 0 Å². The molecule has 0 aliphatic rings. The summed E-state index contributed by atoms with van der Waals surface area (Å²) < 4.78 is 27.4. The summed E-state index contributed by atoms with van der Waals surface area (Å²) in [5.74, 6) is 2.41. The van der Waals surface area contributed by atoms with Crippen molar-refractivity contribution in [1.82, 2.24) is 19.1 Å². The van der Waals surface area contributed by atoms with Crippen molar-refractivity contribution >= 4 is 180 Å². The van der Waals surface area contributed by atoms with Gasteiger partial charge in [-0.1, -0.05) is 315 Å². The molecule has 0 aliphatic carbocycles. The largest absolute Gasteiger partial charge is 0.881 e. The van der Waals surface area contributed by atoms with Gasteiger partial charge in [0.15, 0.2) is 1.41 Å². The van der Waals surface area contributed by atoms with Crippen molar-refractivity contribution in [3.8, 4) is 62.0 Å². The molecule has 0 amide bonds. The van der Waals surface area contributed by atoms with Gasteiger partial charge in [-0.3, -0.25) is 10.1 Å². The molecule has 606 valence electrons. The van der Waals surface area contributed by atoms with E-state index in [0.717, 1.165) is 78.9 Å². The molecule has 127 heavy (non-hydrogen) atoms. The van der Waals surface area contributed by atoms with Crippen LogP contribution in [0.15, 0.2) is 461 Å². The maximum atomic E-state index is 5.89. The third-order valence-corrected chi connectivity index (χ3v) is 23.3. The summed E-state index contributed by atoms with van der Waals surface area (Å²) in [5, 5.41) is 14.8. The third kappa shape index (κ3) is 19.0. The lowest BCUT2D eigenvalue weighted by molar-refractivity contribution is 0.461. The fraction of sp³-hybridized carbons (Fsp3) is 0.0179. The van der Waals surface area contributed by atoms with Crippen molar-refractivity contribution in [2.24, 2.45) is 0 Å². The smallest absolute Gasteiger partial charge is 0.649 e. The highest BCUT2D eigenvalue weighted by atomic mass is 31.0. The van der Waals surface area contributed by atoms with Gasteiger partial charge in [0.05, 0.1) is 47.0 Å². The molecule has 0 saturated heterocycles. The molecule has 22 aromatic rings. The first-order valence-electron chi connectivity index (χ1n) is 42.4. The third-order valence-electron chi connectivity index (χ3n) is 22.3. The normalized spacial score (nSPS) is 10.8. The van der Waals surface area contributed by atoms with E-state index in [9.17, 15) is 0 Å². The Kier molecular flexibility index (Phi) is 26.9. The van der Waals surface area contributed by atoms with Crippen LogP contribution in [0, 0.1) is 12.1 Å². The van der Waals surface area contributed by atoms with E-state index in [1.807, 2.05) is 91.9 Å². The number of benzene rings is 18. The van der Waals surface area contributed by atoms with Gasteiger partial charge in [-0.05, 0) is 206 Å². The van der Waals surface area contributed by atoms with Crippen molar-refractivity contribution in [3.63, 3.8) is 0 Å². The number of rotatable bonds is 16. The standard InChI is InChI=1S/C44H32N2.C36H24N2.C12H10O.C10H9NO.C9H7NO.CH4BP.2Al.H2NP.H/c1-3-17-37(18-4-1)45(43-23-11-15-35-13-7-9-21-41(35)43)39-29-25-33(26-30-39)34-27-31-40(32-28-34)46(38-19-5-2-6-20-38)44-24-12-16-36-14-8-10-22-42(36)44;1-5-13-33-29(9-1)30-10-2-6-14-34(30)37(33)27-21-17-25(18-22-27)26-19-23-28(24-20-26)38-35-15-7-3-11-31(35)32-12-4-8-16-36(32)38;13-12-8-6-11(7-9-12)10-4-2-1-3-5-10;1-7-5-6-8-3-2-4-9(12)10(8)11-7;11-8-5-1-3-7-4-2-6-10-9(7)8;2-1-3;;;1-2;/h1-32H;1-24H;1-9,13H;2-6,12H,1H3;1-6,11H;1,3H2;;;1-2H;/q;;;;;;+1;+2;;/p-3/i/hD. The molecule has 15 heteroatoms. The summed E-state index contributed by atoms with van der Waals surface area (Å²) in [6.07, 6.45) is 1.77. The highest BCUT2D eigenvalue weighted by molar-refractivity contribution is 7.19. The number of aryl methyl sites for hydroxylation is 1. The number of anilines is 6. The Labute approximate surface area is 762 Å². The number of hydrogen-bond donors (Lipinski definition) is 1. The molecule has 22 rings (SSSR count). The van der Waals surface area contributed by atoms with E-state index in [2.05, 4.69) is 422 Å². The van der Waals surface area contributed by atoms with Gasteiger partial charge >= 0.3 is 32.5 Å². The van der Waals surface area contributed by atoms with E-state index in [1.165, 1.54) is 127 Å². The molecule has 1 unspecified atom stereocenters. The average Bonchev–Trinajstić information content (AvgIpc) is 1.58. The highest BCUT2D eigenvalue weighted by Crippen LogP contribution is 2.44. The zero-order chi connectivity index (χ0) is 87.3. The Balaban J connectivity index is 0.000000126. The number of para-hydroxylation sites is 8. The molecular formula is C112H86Al2BN7O3P2. The van der Waals surface area contributed by atoms with E-state index in [0.29, 0.717) is 6.06 Å². The maximum absolute atomic E-state index is 5.89. The molecule has 4 aromatic heterocycles. The van der Waals surface area contributed by atoms with Gasteiger partial charge in [0.25, 0.3) is 0 Å². The Hall–Kier alpha value is -14.4. The average molecular weight is 1710 g/mol. The van der Waals surface area contributed by atoms with Crippen LogP contribution >= 0.6 is 18.3 Å². The monoisotopic (exact) mass is 1700 g/mol. The molecule has 0 saturated carbocycles. The van der Waals surface area contributed by atoms with Crippen molar-refractivity contribution in [3.05, 3.63) is 467 Å². The van der Waals surface area contributed by atoms with Gasteiger partial charge in [-0.2, -0.15) is 0 Å². The summed E-state index contributed by atoms with van der Waals surface area (Å²) in [6, 6.07) is 161. The van der Waals surface area contributed by atoms with Gasteiger partial charge in [-0.15, -0.1) is 9.24 Å². The summed E-state index contributed by atoms with van der Waals surface area (Å²) in [4.78, 5) is 13.5. The van der Waals surface area contributed by atoms with Crippen LogP contribution in [0.2, 0.25) is 1.41 Å². The fourth-order valence-corrected chi connectivity index (χ4v) is 17.3. The number of nitrogens with zero attached hydrogens (tertiary/aromatic N) is 6. The van der Waals surface area contributed by atoms with Crippen molar-refractivity contribution in [1.29, 1.82) is 5.15 Å². The topological polar surface area (TPSA) is 93.7 Å². The first-order valence-corrected chi connectivity index (χ1v) is 44.7. The quantitative estimate of drug-likeness (QED) is 0.0761. The lowest BCUT2D eigenvalue weighted by Gasteiger charge is -2.27. The number of nitrogens with one attached hydrogen (secondary N) is 1. The van der Waals surface area contributed by atoms with Crippen LogP contribution in [0.5, 0.6) is 17.2 Å². The van der Waals surface area contributed by atoms with Crippen molar-refractivity contribution in [2.75, 3.05) is 15.9 Å². The van der Waals surface area contributed by atoms with Crippen molar-refractivity contribution < 1.29 is 12.8 Å². The second-order valence-corrected chi connectivity index (χ2v) is 31.4. The summed E-state index contributed by atoms with van der Waals surface area (Å²) >= 11 is 0.801. The Morgan fingerprint density at radius 2 is 0.669 bits per heavy atom. The van der Waals surface area contributed by atoms with E-state index in [-0.39, 0.29) is 0 Å². The first-order chi connectivity index (χ1) is 63.2. The van der Waals surface area contributed by atoms with E-state index >= 15 is 0 Å². The minimum Gasteiger partial charge on any atom is -0.649 e. The molecule has 1 atom stereocenters. The number of pyridine rings is 2. The lowest BCUT2D eigenvalue weighted by Crippen LogP contribution is -2.11. The molecule has 4 heterocycles. The number of hydrogen-bond acceptors (Lipinski definition) is 8. The van der Waals surface area contributed by atoms with Gasteiger partial charge in [0, 0.05) is 89.1 Å². The molecule has 0 bridgehead atoms. The van der Waals surface area contributed by atoms with Crippen LogP contribution in [0.3, 0.4) is 0 Å². The van der Waals surface area contributed by atoms with Gasteiger partial charge in [-0.25, -0.2) is 4.98 Å². The Morgan fingerprint density at radius 3 is 1.10 bits per heavy atom. The van der Waals surface area contributed by atoms with E-state index < -0.39 is 15.9 Å². The number of fused-ring (bicyclic) bond motifs is 10. The van der Waals surface area contributed by atoms with Crippen LogP contribution in [-0.4, -0.2) is 65.5 Å². The molecule has 0 fully saturated rings. The Bertz CT molecular complexity index is 7070. The van der Waals surface area contributed by atoms with E-state index in [4.69, 9.17) is 20.6 Å². The van der Waals surface area contributed by atoms with Gasteiger partial charge in [0.1, 0.15) is 22.5 Å². The molecule has 0 spiro atoms. The summed E-state index contributed by atoms with van der Waals surface area (Å²) in [6.45, 7) is 1.98. The fourth-order valence-electron chi connectivity index (χ4n) is 16.4. The minimum atomic E-state index is -0.665. The van der Waals surface area contributed by atoms with E-state index in [1.54, 1.807) is 6.20 Å². The Morgan fingerprint density at radius 1 is 0.346 bits per heavy atom. The zero-order valence-corrected chi connectivity index (χ0v) is 74.6. The molecule has 1 N–H and O–H groups in total. The van der Waals surface area contributed by atoms with Gasteiger partial charge in [0.2, 0.25) is 0 Å². The first kappa shape index (κ1) is 83.5. The van der Waals surface area contributed by atoms with Crippen LogP contribution < -0.4 is 21.2 Å². The maximum Gasteiger partial charge on any atom is 0.881 e. The molecule has 0 aliphatic heterocycles. The lowest BCUT2D eigenvalue weighted by atomic mass is 10.0. The summed E-state index contributed by atoms with van der Waals surface area (Å²) in [5.41, 5.74) is 24.0. The highest BCUT2D eigenvalue weighted by Gasteiger charge is 2.20. The SMILES string of the molecule is Cc1ccc2cccc([O][Al][O]c3ccc(-c4ccccc4)cc3)c2n1.[2H]N=P.[AlH][O]c1cccc2cccnc12.[B]CP.c1ccc(N(c2ccc(-c3ccc(N(c4ccccc4)c4cccc5ccccc45)cc3)cc2)c2cccc3ccccc23)cc1.c1ccc2c(c1)c1ccccc1n2-c1ccc(-c2ccc(-n3c4ccccc4c4ccccc43)cc2)cc1. The zero-order valence-electron chi connectivity index (χ0n) is 70.9. The number of aromatic nitrogens is 4. The van der Waals surface area contributed by atoms with Gasteiger partial charge < -0.3 is 30.3 Å². The molecular weight excluding hydrogens is 1620 g/mol. The minimum absolute atomic E-state index is 0.665. The molecule has 4 radical (unpaired) electrons.